The Morgan fingerprint density at radius 2 is 2.15 bits per heavy atom. The Labute approximate surface area is 194 Å². The highest BCUT2D eigenvalue weighted by atomic mass is 19.1. The summed E-state index contributed by atoms with van der Waals surface area (Å²) in [6.45, 7) is 1.49. The number of halogens is 1. The normalized spacial score (nSPS) is 15.2. The first-order valence-corrected chi connectivity index (χ1v) is 10.4. The molecule has 0 radical (unpaired) electrons. The number of fused-ring (bicyclic) bond motifs is 5. The Bertz CT molecular complexity index is 1350. The van der Waals surface area contributed by atoms with Crippen molar-refractivity contribution in [2.24, 2.45) is 12.8 Å². The SMILES string of the molecule is C[C@H]1Oc2cc(cnc2NC(=O)CN)-c2c(nn(C)c2C#N)CN(C)C(=O)c2ccc(F)cc21. The number of nitrogens with two attached hydrogens (primary N) is 1. The van der Waals surface area contributed by atoms with Gasteiger partial charge in [0.25, 0.3) is 5.91 Å². The average Bonchev–Trinajstić information content (AvgIpc) is 3.13. The van der Waals surface area contributed by atoms with E-state index in [1.165, 1.54) is 34.0 Å². The fourth-order valence-corrected chi connectivity index (χ4v) is 3.89. The molecule has 0 fully saturated rings. The van der Waals surface area contributed by atoms with Gasteiger partial charge in [-0.1, -0.05) is 0 Å². The van der Waals surface area contributed by atoms with Crippen molar-refractivity contribution in [2.75, 3.05) is 18.9 Å². The molecule has 1 atom stereocenters. The lowest BCUT2D eigenvalue weighted by Crippen LogP contribution is -2.28. The summed E-state index contributed by atoms with van der Waals surface area (Å²) in [4.78, 5) is 31.0. The van der Waals surface area contributed by atoms with E-state index in [0.717, 1.165) is 0 Å². The van der Waals surface area contributed by atoms with Crippen LogP contribution in [0.4, 0.5) is 10.2 Å². The summed E-state index contributed by atoms with van der Waals surface area (Å²) in [5, 5.41) is 16.8. The molecule has 0 unspecified atom stereocenters. The standard InChI is InChI=1S/C23H22FN7O3/c1-12-16-7-14(24)4-5-15(16)23(33)30(2)11-17-21(18(8-25)31(3)29-17)13-6-19(34-12)22(27-10-13)28-20(32)9-26/h4-7,10,12H,9,11,26H2,1-3H3,(H,27,28,32)/t12-/m1/s1. The van der Waals surface area contributed by atoms with Crippen LogP contribution in [0.25, 0.3) is 11.1 Å². The molecule has 2 amide bonds. The van der Waals surface area contributed by atoms with Gasteiger partial charge >= 0.3 is 0 Å². The summed E-state index contributed by atoms with van der Waals surface area (Å²) in [5.41, 5.74) is 7.75. The second kappa shape index (κ2) is 8.92. The second-order valence-electron chi connectivity index (χ2n) is 7.88. The third-order valence-corrected chi connectivity index (χ3v) is 5.53. The van der Waals surface area contributed by atoms with Crippen molar-refractivity contribution in [1.29, 1.82) is 5.26 Å². The molecule has 1 aromatic carbocycles. The monoisotopic (exact) mass is 463 g/mol. The van der Waals surface area contributed by atoms with E-state index in [-0.39, 0.29) is 41.8 Å². The van der Waals surface area contributed by atoms with E-state index in [2.05, 4.69) is 21.5 Å². The van der Waals surface area contributed by atoms with Crippen LogP contribution >= 0.6 is 0 Å². The molecule has 2 aromatic heterocycles. The molecule has 3 aromatic rings. The molecule has 34 heavy (non-hydrogen) atoms. The lowest BCUT2D eigenvalue weighted by Gasteiger charge is -2.24. The Balaban J connectivity index is 1.97. The minimum absolute atomic E-state index is 0.0940. The van der Waals surface area contributed by atoms with Crippen molar-refractivity contribution in [3.05, 3.63) is 58.8 Å². The Morgan fingerprint density at radius 3 is 2.85 bits per heavy atom. The van der Waals surface area contributed by atoms with Crippen molar-refractivity contribution in [3.63, 3.8) is 0 Å². The zero-order chi connectivity index (χ0) is 24.6. The third kappa shape index (κ3) is 4.06. The van der Waals surface area contributed by atoms with Gasteiger partial charge in [0, 0.05) is 42.5 Å². The number of rotatable bonds is 2. The van der Waals surface area contributed by atoms with Gasteiger partial charge in [0.1, 0.15) is 23.7 Å². The number of amides is 2. The molecule has 3 N–H and O–H groups in total. The van der Waals surface area contributed by atoms with E-state index in [0.29, 0.717) is 22.4 Å². The minimum Gasteiger partial charge on any atom is -0.482 e. The summed E-state index contributed by atoms with van der Waals surface area (Å²) < 4.78 is 21.7. The number of carbonyl (C=O) groups is 2. The van der Waals surface area contributed by atoms with E-state index in [1.807, 2.05) is 0 Å². The van der Waals surface area contributed by atoms with Crippen molar-refractivity contribution < 1.29 is 18.7 Å². The van der Waals surface area contributed by atoms with Crippen molar-refractivity contribution in [2.45, 2.75) is 19.6 Å². The van der Waals surface area contributed by atoms with E-state index >= 15 is 0 Å². The first kappa shape index (κ1) is 22.9. The molecular weight excluding hydrogens is 441 g/mol. The molecule has 0 saturated carbocycles. The fraction of sp³-hybridized carbons (Fsp3) is 0.261. The summed E-state index contributed by atoms with van der Waals surface area (Å²) in [7, 11) is 3.23. The molecule has 174 valence electrons. The van der Waals surface area contributed by atoms with Gasteiger partial charge in [0.2, 0.25) is 5.91 Å². The van der Waals surface area contributed by atoms with Crippen LogP contribution in [0, 0.1) is 17.1 Å². The van der Waals surface area contributed by atoms with Crippen LogP contribution in [0.1, 0.15) is 40.3 Å². The molecule has 0 saturated heterocycles. The highest BCUT2D eigenvalue weighted by Gasteiger charge is 2.27. The largest absolute Gasteiger partial charge is 0.482 e. The van der Waals surface area contributed by atoms with Gasteiger partial charge in [0.05, 0.1) is 18.8 Å². The van der Waals surface area contributed by atoms with Crippen LogP contribution in [0.3, 0.4) is 0 Å². The van der Waals surface area contributed by atoms with Crippen molar-refractivity contribution in [3.8, 4) is 22.9 Å². The molecule has 1 aliphatic rings. The van der Waals surface area contributed by atoms with Crippen molar-refractivity contribution in [1.82, 2.24) is 19.7 Å². The van der Waals surface area contributed by atoms with Crippen LogP contribution in [-0.4, -0.2) is 45.1 Å². The molecule has 0 aliphatic carbocycles. The topological polar surface area (TPSA) is 139 Å². The Kier molecular flexibility index (Phi) is 6.00. The molecule has 1 aliphatic heterocycles. The number of benzene rings is 1. The molecule has 2 bridgehead atoms. The van der Waals surface area contributed by atoms with E-state index in [1.54, 1.807) is 27.1 Å². The van der Waals surface area contributed by atoms with Gasteiger partial charge in [-0.3, -0.25) is 14.3 Å². The van der Waals surface area contributed by atoms with Gasteiger partial charge in [-0.2, -0.15) is 10.4 Å². The van der Waals surface area contributed by atoms with Gasteiger partial charge < -0.3 is 20.7 Å². The highest BCUT2D eigenvalue weighted by molar-refractivity contribution is 5.96. The minimum atomic E-state index is -0.781. The van der Waals surface area contributed by atoms with Gasteiger partial charge in [-0.15, -0.1) is 0 Å². The Morgan fingerprint density at radius 1 is 1.38 bits per heavy atom. The first-order chi connectivity index (χ1) is 16.2. The number of anilines is 1. The molecular formula is C23H22FN7O3. The van der Waals surface area contributed by atoms with Crippen LogP contribution in [0.5, 0.6) is 5.75 Å². The number of hydrogen-bond donors (Lipinski definition) is 2. The van der Waals surface area contributed by atoms with Crippen LogP contribution in [0.2, 0.25) is 0 Å². The maximum atomic E-state index is 14.1. The van der Waals surface area contributed by atoms with Crippen LogP contribution < -0.4 is 15.8 Å². The predicted molar refractivity (Wildman–Crippen MR) is 120 cm³/mol. The summed E-state index contributed by atoms with van der Waals surface area (Å²) >= 11 is 0. The highest BCUT2D eigenvalue weighted by Crippen LogP contribution is 2.36. The van der Waals surface area contributed by atoms with Gasteiger partial charge in [-0.25, -0.2) is 9.37 Å². The zero-order valence-electron chi connectivity index (χ0n) is 18.8. The molecule has 4 rings (SSSR count). The maximum Gasteiger partial charge on any atom is 0.254 e. The number of pyridine rings is 1. The van der Waals surface area contributed by atoms with E-state index in [9.17, 15) is 19.2 Å². The predicted octanol–water partition coefficient (Wildman–Crippen LogP) is 2.12. The van der Waals surface area contributed by atoms with Gasteiger partial charge in [0.15, 0.2) is 11.6 Å². The molecule has 10 nitrogen and oxygen atoms in total. The van der Waals surface area contributed by atoms with Gasteiger partial charge in [-0.05, 0) is 31.2 Å². The number of nitriles is 1. The van der Waals surface area contributed by atoms with E-state index in [4.69, 9.17) is 10.5 Å². The van der Waals surface area contributed by atoms with E-state index < -0.39 is 17.8 Å². The van der Waals surface area contributed by atoms with Crippen molar-refractivity contribution >= 4 is 17.6 Å². The summed E-state index contributed by atoms with van der Waals surface area (Å²) in [6, 6.07) is 7.62. The quantitative estimate of drug-likeness (QED) is 0.593. The summed E-state index contributed by atoms with van der Waals surface area (Å²) in [6.07, 6.45) is 0.698. The number of nitrogens with zero attached hydrogens (tertiary/aromatic N) is 5. The maximum absolute atomic E-state index is 14.1. The number of aromatic nitrogens is 3. The molecule has 3 heterocycles. The van der Waals surface area contributed by atoms with Crippen LogP contribution in [0.15, 0.2) is 30.5 Å². The number of carbonyl (C=O) groups excluding carboxylic acids is 2. The number of ether oxygens (including phenoxy) is 1. The first-order valence-electron chi connectivity index (χ1n) is 10.4. The number of nitrogens with one attached hydrogen (secondary N) is 1. The Hall–Kier alpha value is -4.30. The average molecular weight is 463 g/mol. The van der Waals surface area contributed by atoms with Crippen LogP contribution in [-0.2, 0) is 18.4 Å². The lowest BCUT2D eigenvalue weighted by molar-refractivity contribution is -0.114. The lowest BCUT2D eigenvalue weighted by atomic mass is 10.00. The number of hydrogen-bond acceptors (Lipinski definition) is 7. The molecule has 11 heteroatoms. The fourth-order valence-electron chi connectivity index (χ4n) is 3.89. The second-order valence-corrected chi connectivity index (χ2v) is 7.88. The third-order valence-electron chi connectivity index (χ3n) is 5.53. The molecule has 0 spiro atoms. The smallest absolute Gasteiger partial charge is 0.254 e. The number of aryl methyl sites for hydroxylation is 1. The summed E-state index contributed by atoms with van der Waals surface area (Å²) in [5.74, 6) is -1.09. The zero-order valence-corrected chi connectivity index (χ0v) is 18.8.